The molecule has 1 saturated carbocycles. The minimum Gasteiger partial charge on any atom is -0.352 e. The number of nitrogens with one attached hydrogen (secondary N) is 1. The van der Waals surface area contributed by atoms with Crippen LogP contribution in [0.25, 0.3) is 0 Å². The molecule has 0 bridgehead atoms. The van der Waals surface area contributed by atoms with Crippen molar-refractivity contribution in [3.63, 3.8) is 0 Å². The lowest BCUT2D eigenvalue weighted by Crippen LogP contribution is -2.53. The molecule has 2 aromatic rings. The van der Waals surface area contributed by atoms with Gasteiger partial charge in [0.15, 0.2) is 0 Å². The van der Waals surface area contributed by atoms with Crippen LogP contribution >= 0.6 is 11.6 Å². The number of rotatable bonds is 10. The number of hydrogen-bond donors (Lipinski definition) is 1. The summed E-state index contributed by atoms with van der Waals surface area (Å²) in [5, 5.41) is 3.41. The van der Waals surface area contributed by atoms with Crippen LogP contribution in [0.15, 0.2) is 48.5 Å². The molecule has 36 heavy (non-hydrogen) atoms. The number of amides is 2. The highest BCUT2D eigenvalue weighted by Gasteiger charge is 2.32. The van der Waals surface area contributed by atoms with Gasteiger partial charge in [0.25, 0.3) is 0 Å². The molecule has 2 amide bonds. The van der Waals surface area contributed by atoms with Crippen molar-refractivity contribution >= 4 is 39.1 Å². The first kappa shape index (κ1) is 27.9. The number of halogens is 2. The molecule has 1 aliphatic rings. The van der Waals surface area contributed by atoms with Gasteiger partial charge in [-0.2, -0.15) is 0 Å². The first-order valence-corrected chi connectivity index (χ1v) is 14.4. The van der Waals surface area contributed by atoms with Gasteiger partial charge >= 0.3 is 0 Å². The van der Waals surface area contributed by atoms with E-state index in [1.807, 2.05) is 0 Å². The van der Waals surface area contributed by atoms with Crippen LogP contribution in [0, 0.1) is 5.82 Å². The van der Waals surface area contributed by atoms with Crippen molar-refractivity contribution in [2.75, 3.05) is 17.1 Å². The summed E-state index contributed by atoms with van der Waals surface area (Å²) in [6.45, 7) is 1.33. The summed E-state index contributed by atoms with van der Waals surface area (Å²) < 4.78 is 39.7. The van der Waals surface area contributed by atoms with Gasteiger partial charge in [0.2, 0.25) is 21.8 Å². The smallest absolute Gasteiger partial charge is 0.244 e. The van der Waals surface area contributed by atoms with E-state index in [4.69, 9.17) is 11.6 Å². The zero-order chi connectivity index (χ0) is 26.3. The molecule has 0 aromatic heterocycles. The minimum absolute atomic E-state index is 0.0306. The van der Waals surface area contributed by atoms with Crippen LogP contribution < -0.4 is 9.62 Å². The molecule has 10 heteroatoms. The fourth-order valence-corrected chi connectivity index (χ4v) is 5.52. The molecule has 3 rings (SSSR count). The summed E-state index contributed by atoms with van der Waals surface area (Å²) in [6, 6.07) is 11.1. The fourth-order valence-electron chi connectivity index (χ4n) is 4.50. The van der Waals surface area contributed by atoms with Gasteiger partial charge < -0.3 is 10.2 Å². The topological polar surface area (TPSA) is 86.8 Å². The highest BCUT2D eigenvalue weighted by atomic mass is 35.5. The van der Waals surface area contributed by atoms with Crippen molar-refractivity contribution in [3.05, 3.63) is 64.9 Å². The van der Waals surface area contributed by atoms with Gasteiger partial charge in [0.05, 0.1) is 11.9 Å². The summed E-state index contributed by atoms with van der Waals surface area (Å²) >= 11 is 6.06. The lowest BCUT2D eigenvalue weighted by atomic mass is 9.95. The van der Waals surface area contributed by atoms with E-state index in [-0.39, 0.29) is 24.2 Å². The zero-order valence-electron chi connectivity index (χ0n) is 20.6. The molecule has 0 aliphatic heterocycles. The van der Waals surface area contributed by atoms with E-state index in [1.54, 1.807) is 37.3 Å². The van der Waals surface area contributed by atoms with Crippen LogP contribution in [-0.4, -0.2) is 50.0 Å². The SMILES string of the molecule is CC[C@@H](C(=O)NC1CCCCC1)N(Cc1ccc(F)cc1)C(=O)CN(c1cccc(Cl)c1)S(C)(=O)=O. The molecule has 0 radical (unpaired) electrons. The lowest BCUT2D eigenvalue weighted by molar-refractivity contribution is -0.140. The second kappa shape index (κ2) is 12.5. The Morgan fingerprint density at radius 2 is 1.78 bits per heavy atom. The molecule has 1 atom stereocenters. The van der Waals surface area contributed by atoms with E-state index >= 15 is 0 Å². The number of anilines is 1. The van der Waals surface area contributed by atoms with Crippen molar-refractivity contribution in [1.82, 2.24) is 10.2 Å². The van der Waals surface area contributed by atoms with Crippen molar-refractivity contribution in [3.8, 4) is 0 Å². The van der Waals surface area contributed by atoms with Crippen LogP contribution in [-0.2, 0) is 26.2 Å². The van der Waals surface area contributed by atoms with Gasteiger partial charge in [-0.3, -0.25) is 13.9 Å². The molecule has 1 aliphatic carbocycles. The van der Waals surface area contributed by atoms with Crippen LogP contribution in [0.2, 0.25) is 5.02 Å². The first-order chi connectivity index (χ1) is 17.1. The summed E-state index contributed by atoms with van der Waals surface area (Å²) in [5.74, 6) is -1.23. The van der Waals surface area contributed by atoms with Crippen molar-refractivity contribution in [2.45, 2.75) is 64.1 Å². The van der Waals surface area contributed by atoms with Crippen LogP contribution in [0.5, 0.6) is 0 Å². The Balaban J connectivity index is 1.90. The molecular formula is C26H33ClFN3O4S. The fraction of sp³-hybridized carbons (Fsp3) is 0.462. The second-order valence-electron chi connectivity index (χ2n) is 9.17. The number of hydrogen-bond acceptors (Lipinski definition) is 4. The molecule has 7 nitrogen and oxygen atoms in total. The summed E-state index contributed by atoms with van der Waals surface area (Å²) in [4.78, 5) is 28.4. The largest absolute Gasteiger partial charge is 0.352 e. The van der Waals surface area contributed by atoms with Crippen LogP contribution in [0.4, 0.5) is 10.1 Å². The van der Waals surface area contributed by atoms with Gasteiger partial charge in [-0.05, 0) is 55.2 Å². The Bertz CT molecular complexity index is 1150. The molecule has 1 N–H and O–H groups in total. The van der Waals surface area contributed by atoms with E-state index in [9.17, 15) is 22.4 Å². The van der Waals surface area contributed by atoms with E-state index in [2.05, 4.69) is 5.32 Å². The third kappa shape index (κ3) is 7.67. The Morgan fingerprint density at radius 1 is 1.11 bits per heavy atom. The van der Waals surface area contributed by atoms with E-state index in [0.717, 1.165) is 42.7 Å². The average molecular weight is 538 g/mol. The summed E-state index contributed by atoms with van der Waals surface area (Å²) in [5.41, 5.74) is 0.877. The number of nitrogens with zero attached hydrogens (tertiary/aromatic N) is 2. The number of sulfonamides is 1. The average Bonchev–Trinajstić information content (AvgIpc) is 2.83. The summed E-state index contributed by atoms with van der Waals surface area (Å²) in [7, 11) is -3.84. The molecule has 0 saturated heterocycles. The molecule has 0 heterocycles. The molecule has 0 unspecified atom stereocenters. The van der Waals surface area contributed by atoms with Gasteiger partial charge in [-0.1, -0.05) is 56.0 Å². The number of benzene rings is 2. The van der Waals surface area contributed by atoms with Gasteiger partial charge in [0, 0.05) is 17.6 Å². The Hall–Kier alpha value is -2.65. The summed E-state index contributed by atoms with van der Waals surface area (Å²) in [6.07, 6.45) is 6.37. The maximum atomic E-state index is 13.7. The highest BCUT2D eigenvalue weighted by molar-refractivity contribution is 7.92. The molecular weight excluding hydrogens is 505 g/mol. The van der Waals surface area contributed by atoms with Crippen molar-refractivity contribution in [2.24, 2.45) is 0 Å². The molecule has 1 fully saturated rings. The van der Waals surface area contributed by atoms with Crippen molar-refractivity contribution < 1.29 is 22.4 Å². The zero-order valence-corrected chi connectivity index (χ0v) is 22.2. The van der Waals surface area contributed by atoms with Gasteiger partial charge in [0.1, 0.15) is 18.4 Å². The van der Waals surface area contributed by atoms with Crippen molar-refractivity contribution in [1.29, 1.82) is 0 Å². The van der Waals surface area contributed by atoms with E-state index < -0.39 is 34.3 Å². The lowest BCUT2D eigenvalue weighted by Gasteiger charge is -2.34. The Kier molecular flexibility index (Phi) is 9.73. The molecule has 196 valence electrons. The third-order valence-electron chi connectivity index (χ3n) is 6.38. The van der Waals surface area contributed by atoms with Crippen LogP contribution in [0.3, 0.4) is 0 Å². The maximum absolute atomic E-state index is 13.7. The molecule has 2 aromatic carbocycles. The van der Waals surface area contributed by atoms with Gasteiger partial charge in [-0.15, -0.1) is 0 Å². The predicted molar refractivity (Wildman–Crippen MR) is 140 cm³/mol. The van der Waals surface area contributed by atoms with E-state index in [0.29, 0.717) is 17.0 Å². The van der Waals surface area contributed by atoms with Crippen LogP contribution in [0.1, 0.15) is 51.0 Å². The Morgan fingerprint density at radius 3 is 2.36 bits per heavy atom. The predicted octanol–water partition coefficient (Wildman–Crippen LogP) is 4.50. The molecule has 0 spiro atoms. The number of carbonyl (C=O) groups excluding carboxylic acids is 2. The second-order valence-corrected chi connectivity index (χ2v) is 11.5. The minimum atomic E-state index is -3.84. The quantitative estimate of drug-likeness (QED) is 0.483. The Labute approximate surface area is 217 Å². The standard InChI is InChI=1S/C26H33ClFN3O4S/c1-3-24(26(33)29-22-9-5-4-6-10-22)30(17-19-12-14-21(28)15-13-19)25(32)18-31(36(2,34)35)23-11-7-8-20(27)16-23/h7-8,11-16,22,24H,3-6,9-10,17-18H2,1-2H3,(H,29,33)/t24-/m0/s1. The number of carbonyl (C=O) groups is 2. The normalized spacial score (nSPS) is 15.2. The monoisotopic (exact) mass is 537 g/mol. The first-order valence-electron chi connectivity index (χ1n) is 12.2. The maximum Gasteiger partial charge on any atom is 0.244 e. The highest BCUT2D eigenvalue weighted by Crippen LogP contribution is 2.23. The van der Waals surface area contributed by atoms with E-state index in [1.165, 1.54) is 23.1 Å². The third-order valence-corrected chi connectivity index (χ3v) is 7.75. The van der Waals surface area contributed by atoms with Gasteiger partial charge in [-0.25, -0.2) is 12.8 Å².